The standard InChI is InChI=1S/C13H9F3N4OS2/c1-7-4-9(13(14,15)16)8(5-17)11(19-7)23-6-10(21)20-12-18-2-3-22-12/h2-4H,6H2,1H3,(H,18,20,21). The highest BCUT2D eigenvalue weighted by Gasteiger charge is 2.35. The van der Waals surface area contributed by atoms with Crippen molar-refractivity contribution >= 4 is 34.1 Å². The number of nitriles is 1. The molecular weight excluding hydrogens is 349 g/mol. The molecule has 2 heterocycles. The third kappa shape index (κ3) is 4.43. The molecule has 5 nitrogen and oxygen atoms in total. The number of thiazole rings is 1. The first-order chi connectivity index (χ1) is 10.8. The fourth-order valence-electron chi connectivity index (χ4n) is 1.66. The lowest BCUT2D eigenvalue weighted by molar-refractivity contribution is -0.138. The predicted molar refractivity (Wildman–Crippen MR) is 80.2 cm³/mol. The third-order valence-electron chi connectivity index (χ3n) is 2.55. The molecule has 0 fully saturated rings. The van der Waals surface area contributed by atoms with Crippen molar-refractivity contribution in [3.63, 3.8) is 0 Å². The van der Waals surface area contributed by atoms with Crippen LogP contribution in [0.4, 0.5) is 18.3 Å². The van der Waals surface area contributed by atoms with Crippen LogP contribution in [0.15, 0.2) is 22.7 Å². The Hall–Kier alpha value is -2.12. The molecule has 0 saturated heterocycles. The largest absolute Gasteiger partial charge is 0.417 e. The van der Waals surface area contributed by atoms with E-state index in [2.05, 4.69) is 15.3 Å². The highest BCUT2D eigenvalue weighted by Crippen LogP contribution is 2.35. The minimum absolute atomic E-state index is 0.117. The molecule has 0 aliphatic carbocycles. The molecule has 2 aromatic rings. The summed E-state index contributed by atoms with van der Waals surface area (Å²) in [5.74, 6) is -0.618. The lowest BCUT2D eigenvalue weighted by Crippen LogP contribution is -2.15. The second-order valence-corrected chi connectivity index (χ2v) is 6.13. The van der Waals surface area contributed by atoms with Gasteiger partial charge in [0, 0.05) is 17.3 Å². The summed E-state index contributed by atoms with van der Waals surface area (Å²) in [6.45, 7) is 1.40. The number of hydrogen-bond acceptors (Lipinski definition) is 6. The lowest BCUT2D eigenvalue weighted by Gasteiger charge is -2.12. The van der Waals surface area contributed by atoms with Gasteiger partial charge >= 0.3 is 6.18 Å². The van der Waals surface area contributed by atoms with Gasteiger partial charge in [0.25, 0.3) is 0 Å². The van der Waals surface area contributed by atoms with Crippen molar-refractivity contribution in [1.29, 1.82) is 5.26 Å². The van der Waals surface area contributed by atoms with Gasteiger partial charge < -0.3 is 5.32 Å². The summed E-state index contributed by atoms with van der Waals surface area (Å²) >= 11 is 2.00. The second-order valence-electron chi connectivity index (χ2n) is 4.28. The van der Waals surface area contributed by atoms with E-state index in [1.165, 1.54) is 30.5 Å². The number of hydrogen-bond donors (Lipinski definition) is 1. The van der Waals surface area contributed by atoms with Gasteiger partial charge in [0.05, 0.1) is 16.9 Å². The molecule has 0 spiro atoms. The first-order valence-corrected chi connectivity index (χ1v) is 7.99. The van der Waals surface area contributed by atoms with E-state index >= 15 is 0 Å². The average Bonchev–Trinajstić information content (AvgIpc) is 2.96. The highest BCUT2D eigenvalue weighted by molar-refractivity contribution is 8.00. The van der Waals surface area contributed by atoms with E-state index in [0.717, 1.165) is 17.8 Å². The quantitative estimate of drug-likeness (QED) is 0.847. The monoisotopic (exact) mass is 358 g/mol. The minimum Gasteiger partial charge on any atom is -0.301 e. The zero-order chi connectivity index (χ0) is 17.0. The van der Waals surface area contributed by atoms with Crippen molar-refractivity contribution < 1.29 is 18.0 Å². The van der Waals surface area contributed by atoms with Crippen molar-refractivity contribution in [3.05, 3.63) is 34.5 Å². The number of carbonyl (C=O) groups is 1. The normalized spacial score (nSPS) is 11.1. The van der Waals surface area contributed by atoms with Crippen LogP contribution in [0.3, 0.4) is 0 Å². The van der Waals surface area contributed by atoms with Crippen LogP contribution in [0, 0.1) is 18.3 Å². The molecule has 0 aromatic carbocycles. The maximum atomic E-state index is 13.0. The molecule has 0 saturated carbocycles. The van der Waals surface area contributed by atoms with Crippen molar-refractivity contribution in [2.75, 3.05) is 11.1 Å². The summed E-state index contributed by atoms with van der Waals surface area (Å²) < 4.78 is 38.9. The number of thioether (sulfide) groups is 1. The molecule has 0 unspecified atom stereocenters. The van der Waals surface area contributed by atoms with Gasteiger partial charge in [0.2, 0.25) is 5.91 Å². The SMILES string of the molecule is Cc1cc(C(F)(F)F)c(C#N)c(SCC(=O)Nc2nccs2)n1. The van der Waals surface area contributed by atoms with Crippen molar-refractivity contribution in [3.8, 4) is 6.07 Å². The fraction of sp³-hybridized carbons (Fsp3) is 0.231. The average molecular weight is 358 g/mol. The summed E-state index contributed by atoms with van der Waals surface area (Å²) in [7, 11) is 0. The van der Waals surface area contributed by atoms with Gasteiger partial charge in [0.15, 0.2) is 5.13 Å². The van der Waals surface area contributed by atoms with Crippen LogP contribution in [0.1, 0.15) is 16.8 Å². The number of aryl methyl sites for hydroxylation is 1. The number of nitrogens with zero attached hydrogens (tertiary/aromatic N) is 3. The summed E-state index contributed by atoms with van der Waals surface area (Å²) in [5, 5.41) is 13.5. The first-order valence-electron chi connectivity index (χ1n) is 6.12. The number of amides is 1. The molecule has 2 rings (SSSR count). The van der Waals surface area contributed by atoms with Crippen molar-refractivity contribution in [1.82, 2.24) is 9.97 Å². The summed E-state index contributed by atoms with van der Waals surface area (Å²) in [4.78, 5) is 19.6. The number of halogens is 3. The Morgan fingerprint density at radius 2 is 2.26 bits per heavy atom. The van der Waals surface area contributed by atoms with Gasteiger partial charge in [-0.2, -0.15) is 18.4 Å². The van der Waals surface area contributed by atoms with E-state index in [-0.39, 0.29) is 16.5 Å². The molecule has 0 aliphatic heterocycles. The number of pyridine rings is 1. The Kier molecular flexibility index (Phi) is 5.23. The smallest absolute Gasteiger partial charge is 0.301 e. The Labute approximate surface area is 137 Å². The van der Waals surface area contributed by atoms with Gasteiger partial charge in [-0.05, 0) is 13.0 Å². The molecule has 1 amide bonds. The van der Waals surface area contributed by atoms with Crippen molar-refractivity contribution in [2.24, 2.45) is 0 Å². The molecule has 0 atom stereocenters. The van der Waals surface area contributed by atoms with Gasteiger partial charge in [-0.1, -0.05) is 11.8 Å². The number of rotatable bonds is 4. The van der Waals surface area contributed by atoms with Gasteiger partial charge in [-0.15, -0.1) is 11.3 Å². The minimum atomic E-state index is -4.66. The summed E-state index contributed by atoms with van der Waals surface area (Å²) in [6, 6.07) is 2.34. The molecule has 0 bridgehead atoms. The van der Waals surface area contributed by atoms with Crippen LogP contribution in [-0.2, 0) is 11.0 Å². The molecule has 0 aliphatic rings. The Balaban J connectivity index is 2.18. The third-order valence-corrected chi connectivity index (χ3v) is 4.21. The van der Waals surface area contributed by atoms with Crippen LogP contribution >= 0.6 is 23.1 Å². The van der Waals surface area contributed by atoms with Crippen LogP contribution < -0.4 is 5.32 Å². The van der Waals surface area contributed by atoms with E-state index in [1.54, 1.807) is 5.38 Å². The van der Waals surface area contributed by atoms with E-state index in [4.69, 9.17) is 5.26 Å². The van der Waals surface area contributed by atoms with Gasteiger partial charge in [-0.3, -0.25) is 4.79 Å². The van der Waals surface area contributed by atoms with Gasteiger partial charge in [-0.25, -0.2) is 9.97 Å². The first kappa shape index (κ1) is 17.2. The summed E-state index contributed by atoms with van der Waals surface area (Å²) in [5.41, 5.74) is -1.50. The number of aromatic nitrogens is 2. The zero-order valence-corrected chi connectivity index (χ0v) is 13.3. The van der Waals surface area contributed by atoms with E-state index in [0.29, 0.717) is 5.13 Å². The molecule has 10 heteroatoms. The molecule has 23 heavy (non-hydrogen) atoms. The number of anilines is 1. The van der Waals surface area contributed by atoms with Crippen LogP contribution in [0.5, 0.6) is 0 Å². The predicted octanol–water partition coefficient (Wildman–Crippen LogP) is 3.47. The molecular formula is C13H9F3N4OS2. The van der Waals surface area contributed by atoms with E-state index in [1.807, 2.05) is 0 Å². The lowest BCUT2D eigenvalue weighted by atomic mass is 10.1. The fourth-order valence-corrected chi connectivity index (χ4v) is 3.05. The van der Waals surface area contributed by atoms with E-state index in [9.17, 15) is 18.0 Å². The summed E-state index contributed by atoms with van der Waals surface area (Å²) in [6.07, 6.45) is -3.14. The maximum absolute atomic E-state index is 13.0. The van der Waals surface area contributed by atoms with Gasteiger partial charge in [0.1, 0.15) is 11.1 Å². The molecule has 2 aromatic heterocycles. The number of carbonyl (C=O) groups excluding carboxylic acids is 1. The Morgan fingerprint density at radius 3 is 2.83 bits per heavy atom. The van der Waals surface area contributed by atoms with Crippen LogP contribution in [0.25, 0.3) is 0 Å². The second kappa shape index (κ2) is 6.97. The number of nitrogens with one attached hydrogen (secondary N) is 1. The Bertz CT molecular complexity index is 754. The maximum Gasteiger partial charge on any atom is 0.417 e. The molecule has 1 N–H and O–H groups in total. The van der Waals surface area contributed by atoms with Crippen molar-refractivity contribution in [2.45, 2.75) is 18.1 Å². The van der Waals surface area contributed by atoms with E-state index < -0.39 is 23.2 Å². The molecule has 0 radical (unpaired) electrons. The topological polar surface area (TPSA) is 78.7 Å². The van der Waals surface area contributed by atoms with Crippen LogP contribution in [-0.4, -0.2) is 21.6 Å². The zero-order valence-electron chi connectivity index (χ0n) is 11.6. The number of alkyl halides is 3. The highest BCUT2D eigenvalue weighted by atomic mass is 32.2. The molecule has 120 valence electrons. The van der Waals surface area contributed by atoms with Crippen LogP contribution in [0.2, 0.25) is 0 Å². The Morgan fingerprint density at radius 1 is 1.52 bits per heavy atom.